The highest BCUT2D eigenvalue weighted by Crippen LogP contribution is 2.41. The van der Waals surface area contributed by atoms with Gasteiger partial charge in [-0.25, -0.2) is 0 Å². The fraction of sp³-hybridized carbons (Fsp3) is 0.160. The van der Waals surface area contributed by atoms with E-state index in [1.54, 1.807) is 30.3 Å². The molecule has 0 atom stereocenters. The zero-order valence-electron chi connectivity index (χ0n) is 17.1. The van der Waals surface area contributed by atoms with E-state index < -0.39 is 0 Å². The molecule has 162 valence electrons. The molecule has 0 amide bonds. The highest BCUT2D eigenvalue weighted by Gasteiger charge is 2.31. The van der Waals surface area contributed by atoms with E-state index in [1.165, 1.54) is 0 Å². The smallest absolute Gasteiger partial charge is 0.231 e. The fourth-order valence-electron chi connectivity index (χ4n) is 3.75. The number of Topliss-reactive ketones (excluding diaryl/α,β-unsaturated/α-hetero) is 1. The number of rotatable bonds is 4. The van der Waals surface area contributed by atoms with Crippen molar-refractivity contribution in [2.24, 2.45) is 0 Å². The number of halogens is 2. The lowest BCUT2D eigenvalue weighted by atomic mass is 10.0. The minimum atomic E-state index is -0.207. The first kappa shape index (κ1) is 20.9. The highest BCUT2D eigenvalue weighted by atomic mass is 35.5. The van der Waals surface area contributed by atoms with E-state index in [-0.39, 0.29) is 18.3 Å². The molecule has 0 unspecified atom stereocenters. The quantitative estimate of drug-likeness (QED) is 0.416. The number of allylic oxidation sites excluding steroid dienone is 1. The van der Waals surface area contributed by atoms with Crippen LogP contribution < -0.4 is 14.2 Å². The van der Waals surface area contributed by atoms with Gasteiger partial charge in [0.1, 0.15) is 23.9 Å². The van der Waals surface area contributed by atoms with Gasteiger partial charge in [0, 0.05) is 32.3 Å². The predicted octanol–water partition coefficient (Wildman–Crippen LogP) is 6.36. The summed E-state index contributed by atoms with van der Waals surface area (Å²) in [5, 5.41) is 1.17. The van der Waals surface area contributed by atoms with Crippen molar-refractivity contribution in [1.82, 2.24) is 0 Å². The first-order chi connectivity index (χ1) is 15.5. The van der Waals surface area contributed by atoms with Gasteiger partial charge in [0.15, 0.2) is 12.6 Å². The van der Waals surface area contributed by atoms with Crippen molar-refractivity contribution in [2.45, 2.75) is 20.1 Å². The number of hydrogen-bond donors (Lipinski definition) is 0. The molecule has 0 saturated heterocycles. The summed E-state index contributed by atoms with van der Waals surface area (Å²) < 4.78 is 22.9. The second-order valence-electron chi connectivity index (χ2n) is 7.48. The Morgan fingerprint density at radius 3 is 2.78 bits per heavy atom. The van der Waals surface area contributed by atoms with Gasteiger partial charge in [0.25, 0.3) is 0 Å². The number of ketones is 1. The third kappa shape index (κ3) is 3.84. The van der Waals surface area contributed by atoms with Crippen LogP contribution in [0.5, 0.6) is 17.2 Å². The van der Waals surface area contributed by atoms with Crippen LogP contribution in [0.4, 0.5) is 0 Å². The summed E-state index contributed by atoms with van der Waals surface area (Å²) in [6.45, 7) is 2.71. The molecule has 0 aromatic heterocycles. The minimum absolute atomic E-state index is 0.144. The van der Waals surface area contributed by atoms with Crippen molar-refractivity contribution in [1.29, 1.82) is 0 Å². The Labute approximate surface area is 195 Å². The second kappa shape index (κ2) is 8.51. The number of ether oxygens (including phenoxy) is 4. The van der Waals surface area contributed by atoms with Crippen LogP contribution in [0.3, 0.4) is 0 Å². The standard InChI is InChI=1S/C25H18Cl2O5/c1-14-21(30-12-15-4-2-3-5-20(15)27)7-6-19-23(28)22(32-24(14)19)10-16-8-18(26)9-17-11-29-13-31-25(16)17/h2-10H,11-13H2,1H3/b22-10-. The van der Waals surface area contributed by atoms with Crippen LogP contribution in [0, 0.1) is 6.92 Å². The van der Waals surface area contributed by atoms with Crippen molar-refractivity contribution in [3.63, 3.8) is 0 Å². The molecule has 3 aromatic carbocycles. The van der Waals surface area contributed by atoms with Crippen LogP contribution in [0.15, 0.2) is 54.3 Å². The molecule has 0 saturated carbocycles. The number of carbonyl (C=O) groups excluding carboxylic acids is 1. The van der Waals surface area contributed by atoms with E-state index >= 15 is 0 Å². The number of benzene rings is 3. The molecule has 0 bridgehead atoms. The van der Waals surface area contributed by atoms with Crippen molar-refractivity contribution in [3.05, 3.63) is 92.2 Å². The lowest BCUT2D eigenvalue weighted by molar-refractivity contribution is -0.0165. The minimum Gasteiger partial charge on any atom is -0.488 e. The third-order valence-electron chi connectivity index (χ3n) is 5.37. The Balaban J connectivity index is 1.43. The van der Waals surface area contributed by atoms with Crippen LogP contribution in [0.2, 0.25) is 10.0 Å². The third-order valence-corrected chi connectivity index (χ3v) is 5.95. The topological polar surface area (TPSA) is 54.0 Å². The van der Waals surface area contributed by atoms with E-state index in [0.29, 0.717) is 51.6 Å². The van der Waals surface area contributed by atoms with Gasteiger partial charge >= 0.3 is 0 Å². The molecule has 5 rings (SSSR count). The largest absolute Gasteiger partial charge is 0.488 e. The van der Waals surface area contributed by atoms with E-state index in [0.717, 1.165) is 16.7 Å². The Hall–Kier alpha value is -2.99. The van der Waals surface area contributed by atoms with Crippen molar-refractivity contribution < 1.29 is 23.7 Å². The van der Waals surface area contributed by atoms with Gasteiger partial charge in [-0.05, 0) is 43.3 Å². The first-order valence-electron chi connectivity index (χ1n) is 9.98. The Morgan fingerprint density at radius 2 is 1.94 bits per heavy atom. The van der Waals surface area contributed by atoms with Crippen molar-refractivity contribution in [2.75, 3.05) is 6.79 Å². The summed E-state index contributed by atoms with van der Waals surface area (Å²) in [6, 6.07) is 14.5. The van der Waals surface area contributed by atoms with Gasteiger partial charge in [-0.3, -0.25) is 4.79 Å². The second-order valence-corrected chi connectivity index (χ2v) is 8.32. The number of carbonyl (C=O) groups is 1. The molecule has 0 aliphatic carbocycles. The SMILES string of the molecule is Cc1c(OCc2ccccc2Cl)ccc2c1O/C(=C\c1cc(Cl)cc3c1OCOC3)C2=O. The molecule has 2 heterocycles. The van der Waals surface area contributed by atoms with E-state index in [2.05, 4.69) is 0 Å². The highest BCUT2D eigenvalue weighted by molar-refractivity contribution is 6.31. The maximum absolute atomic E-state index is 13.0. The van der Waals surface area contributed by atoms with E-state index in [1.807, 2.05) is 31.2 Å². The number of hydrogen-bond acceptors (Lipinski definition) is 5. The van der Waals surface area contributed by atoms with Crippen molar-refractivity contribution in [3.8, 4) is 17.2 Å². The first-order valence-corrected chi connectivity index (χ1v) is 10.7. The average molecular weight is 469 g/mol. The van der Waals surface area contributed by atoms with Gasteiger partial charge in [-0.15, -0.1) is 0 Å². The summed E-state index contributed by atoms with van der Waals surface area (Å²) in [4.78, 5) is 13.0. The van der Waals surface area contributed by atoms with Gasteiger partial charge in [-0.1, -0.05) is 41.4 Å². The predicted molar refractivity (Wildman–Crippen MR) is 122 cm³/mol. The average Bonchev–Trinajstić information content (AvgIpc) is 3.10. The normalized spacial score (nSPS) is 15.7. The van der Waals surface area contributed by atoms with Gasteiger partial charge in [0.05, 0.1) is 12.2 Å². The molecule has 2 aliphatic heterocycles. The summed E-state index contributed by atoms with van der Waals surface area (Å²) in [5.74, 6) is 1.74. The lowest BCUT2D eigenvalue weighted by Gasteiger charge is -2.20. The van der Waals surface area contributed by atoms with E-state index in [9.17, 15) is 4.79 Å². The van der Waals surface area contributed by atoms with Crippen LogP contribution >= 0.6 is 23.2 Å². The molecule has 3 aromatic rings. The van der Waals surface area contributed by atoms with Crippen LogP contribution in [0.1, 0.15) is 32.6 Å². The maximum Gasteiger partial charge on any atom is 0.231 e. The van der Waals surface area contributed by atoms with Crippen LogP contribution in [-0.4, -0.2) is 12.6 Å². The number of fused-ring (bicyclic) bond motifs is 2. The molecule has 5 nitrogen and oxygen atoms in total. The van der Waals surface area contributed by atoms with Crippen molar-refractivity contribution >= 4 is 35.1 Å². The van der Waals surface area contributed by atoms with Gasteiger partial charge in [-0.2, -0.15) is 0 Å². The molecule has 0 spiro atoms. The maximum atomic E-state index is 13.0. The van der Waals surface area contributed by atoms with Gasteiger partial charge < -0.3 is 18.9 Å². The molecule has 7 heteroatoms. The van der Waals surface area contributed by atoms with Crippen LogP contribution in [0.25, 0.3) is 6.08 Å². The molecular formula is C25H18Cl2O5. The van der Waals surface area contributed by atoms with E-state index in [4.69, 9.17) is 42.1 Å². The Morgan fingerprint density at radius 1 is 1.09 bits per heavy atom. The molecule has 0 fully saturated rings. The zero-order valence-corrected chi connectivity index (χ0v) is 18.6. The Kier molecular flexibility index (Phi) is 5.55. The molecule has 0 N–H and O–H groups in total. The molecule has 0 radical (unpaired) electrons. The Bertz CT molecular complexity index is 1270. The summed E-state index contributed by atoms with van der Waals surface area (Å²) in [6.07, 6.45) is 1.65. The monoisotopic (exact) mass is 468 g/mol. The zero-order chi connectivity index (χ0) is 22.2. The molecular weight excluding hydrogens is 451 g/mol. The molecule has 32 heavy (non-hydrogen) atoms. The summed E-state index contributed by atoms with van der Waals surface area (Å²) in [7, 11) is 0. The molecule has 2 aliphatic rings. The summed E-state index contributed by atoms with van der Waals surface area (Å²) >= 11 is 12.5. The summed E-state index contributed by atoms with van der Waals surface area (Å²) in [5.41, 5.74) is 3.59. The van der Waals surface area contributed by atoms with Crippen LogP contribution in [-0.2, 0) is 18.0 Å². The van der Waals surface area contributed by atoms with Gasteiger partial charge in [0.2, 0.25) is 5.78 Å². The lowest BCUT2D eigenvalue weighted by Crippen LogP contribution is -2.12. The fourth-order valence-corrected chi connectivity index (χ4v) is 4.19.